The molecular formula is C11H15ClN3O15P3. The van der Waals surface area contributed by atoms with E-state index in [1.807, 2.05) is 5.92 Å². The quantitative estimate of drug-likeness (QED) is 0.132. The summed E-state index contributed by atoms with van der Waals surface area (Å²) in [4.78, 5) is 60.9. The number of ether oxygens (including phenoxy) is 1. The SMILES string of the molecule is C[C@H](OP(=O)(O)OP(=O)(O)OP(=O)(O)O)[C@H]1O[C@@H](n2ncc(=O)[nH]c2=O)[C@@](O)(C#CCl)C1O. The predicted octanol–water partition coefficient (Wildman–Crippen LogP) is -2.15. The highest BCUT2D eigenvalue weighted by molar-refractivity contribution is 7.66. The molecule has 0 bridgehead atoms. The third-order valence-corrected chi connectivity index (χ3v) is 7.83. The highest BCUT2D eigenvalue weighted by Gasteiger charge is 2.59. The summed E-state index contributed by atoms with van der Waals surface area (Å²) in [5.41, 5.74) is -4.83. The van der Waals surface area contributed by atoms with Gasteiger partial charge in [0.15, 0.2) is 6.23 Å². The number of H-pyrrole nitrogens is 1. The molecule has 0 saturated carbocycles. The van der Waals surface area contributed by atoms with Crippen LogP contribution in [0.4, 0.5) is 0 Å². The summed E-state index contributed by atoms with van der Waals surface area (Å²) in [6.45, 7) is 0.937. The van der Waals surface area contributed by atoms with Gasteiger partial charge in [0, 0.05) is 5.38 Å². The molecule has 1 fully saturated rings. The van der Waals surface area contributed by atoms with E-state index >= 15 is 0 Å². The van der Waals surface area contributed by atoms with Crippen molar-refractivity contribution in [3.63, 3.8) is 0 Å². The largest absolute Gasteiger partial charge is 0.490 e. The lowest BCUT2D eigenvalue weighted by molar-refractivity contribution is -0.0933. The number of aromatic nitrogens is 3. The second-order valence-corrected chi connectivity index (χ2v) is 10.8. The topological polar surface area (TPSA) is 277 Å². The number of aliphatic hydroxyl groups excluding tert-OH is 1. The van der Waals surface area contributed by atoms with Crippen LogP contribution in [0.2, 0.25) is 0 Å². The molecule has 186 valence electrons. The molecule has 0 radical (unpaired) electrons. The monoisotopic (exact) mass is 557 g/mol. The molecule has 1 aliphatic rings. The molecule has 33 heavy (non-hydrogen) atoms. The third-order valence-electron chi connectivity index (χ3n) is 3.81. The smallest absolute Gasteiger partial charge is 0.386 e. The number of hydrogen-bond acceptors (Lipinski definition) is 12. The first kappa shape index (κ1) is 28.0. The average molecular weight is 558 g/mol. The maximum Gasteiger partial charge on any atom is 0.490 e. The summed E-state index contributed by atoms with van der Waals surface area (Å²) in [6.07, 6.45) is -7.12. The van der Waals surface area contributed by atoms with E-state index in [2.05, 4.69) is 18.2 Å². The van der Waals surface area contributed by atoms with Gasteiger partial charge < -0.3 is 34.5 Å². The molecule has 0 spiro atoms. The Kier molecular flexibility index (Phi) is 8.30. The van der Waals surface area contributed by atoms with Gasteiger partial charge in [0.2, 0.25) is 5.60 Å². The molecule has 1 aromatic rings. The molecule has 1 saturated heterocycles. The Labute approximate surface area is 187 Å². The maximum atomic E-state index is 12.0. The van der Waals surface area contributed by atoms with Crippen molar-refractivity contribution in [3.05, 3.63) is 27.0 Å². The molecule has 2 heterocycles. The highest BCUT2D eigenvalue weighted by atomic mass is 35.5. The number of rotatable bonds is 8. The lowest BCUT2D eigenvalue weighted by Gasteiger charge is -2.26. The van der Waals surface area contributed by atoms with Crippen molar-refractivity contribution in [2.45, 2.75) is 37.1 Å². The van der Waals surface area contributed by atoms with Crippen LogP contribution >= 0.6 is 35.1 Å². The van der Waals surface area contributed by atoms with Crippen LogP contribution in [-0.4, -0.2) is 68.5 Å². The first-order valence-corrected chi connectivity index (χ1v) is 13.0. The first-order valence-electron chi connectivity index (χ1n) is 8.10. The number of aromatic amines is 1. The highest BCUT2D eigenvalue weighted by Crippen LogP contribution is 2.66. The Bertz CT molecular complexity index is 1220. The average Bonchev–Trinajstić information content (AvgIpc) is 2.83. The molecule has 1 aromatic heterocycles. The van der Waals surface area contributed by atoms with E-state index in [0.717, 1.165) is 6.92 Å². The molecule has 18 nitrogen and oxygen atoms in total. The van der Waals surface area contributed by atoms with E-state index in [0.29, 0.717) is 10.9 Å². The lowest BCUT2D eigenvalue weighted by atomic mass is 9.93. The fourth-order valence-electron chi connectivity index (χ4n) is 2.64. The van der Waals surface area contributed by atoms with Gasteiger partial charge in [-0.3, -0.25) is 14.3 Å². The van der Waals surface area contributed by atoms with Gasteiger partial charge in [0.05, 0.1) is 6.10 Å². The van der Waals surface area contributed by atoms with Crippen LogP contribution in [0.25, 0.3) is 0 Å². The zero-order chi connectivity index (χ0) is 25.4. The predicted molar refractivity (Wildman–Crippen MR) is 102 cm³/mol. The Morgan fingerprint density at radius 3 is 2.36 bits per heavy atom. The molecular weight excluding hydrogens is 543 g/mol. The number of aliphatic hydroxyl groups is 2. The van der Waals surface area contributed by atoms with Gasteiger partial charge >= 0.3 is 29.2 Å². The Morgan fingerprint density at radius 1 is 1.24 bits per heavy atom. The van der Waals surface area contributed by atoms with E-state index < -0.39 is 64.9 Å². The molecule has 0 aliphatic carbocycles. The van der Waals surface area contributed by atoms with Crippen LogP contribution in [0.5, 0.6) is 0 Å². The van der Waals surface area contributed by atoms with Crippen LogP contribution < -0.4 is 11.2 Å². The van der Waals surface area contributed by atoms with E-state index in [-0.39, 0.29) is 0 Å². The van der Waals surface area contributed by atoms with Crippen molar-refractivity contribution in [3.8, 4) is 11.3 Å². The van der Waals surface area contributed by atoms with Gasteiger partial charge in [-0.25, -0.2) is 18.5 Å². The van der Waals surface area contributed by atoms with Gasteiger partial charge in [-0.05, 0) is 24.4 Å². The molecule has 3 unspecified atom stereocenters. The minimum atomic E-state index is -5.83. The zero-order valence-electron chi connectivity index (χ0n) is 15.9. The van der Waals surface area contributed by atoms with Crippen molar-refractivity contribution < 1.29 is 61.4 Å². The van der Waals surface area contributed by atoms with E-state index in [9.17, 15) is 43.3 Å². The van der Waals surface area contributed by atoms with Gasteiger partial charge in [-0.2, -0.15) is 18.4 Å². The lowest BCUT2D eigenvalue weighted by Crippen LogP contribution is -2.49. The van der Waals surface area contributed by atoms with E-state index in [1.54, 1.807) is 10.4 Å². The summed E-state index contributed by atoms with van der Waals surface area (Å²) in [7, 11) is -17.1. The van der Waals surface area contributed by atoms with Crippen LogP contribution in [0, 0.1) is 11.3 Å². The summed E-state index contributed by atoms with van der Waals surface area (Å²) in [5.74, 6) is 1.97. The van der Waals surface area contributed by atoms with Gasteiger partial charge in [0.1, 0.15) is 18.4 Å². The van der Waals surface area contributed by atoms with Crippen LogP contribution in [0.3, 0.4) is 0 Å². The number of phosphoric ester groups is 1. The molecule has 0 aromatic carbocycles. The minimum Gasteiger partial charge on any atom is -0.386 e. The van der Waals surface area contributed by atoms with Crippen molar-refractivity contribution in [1.29, 1.82) is 0 Å². The van der Waals surface area contributed by atoms with Crippen molar-refractivity contribution in [2.24, 2.45) is 0 Å². The number of phosphoric acid groups is 3. The van der Waals surface area contributed by atoms with Crippen molar-refractivity contribution in [1.82, 2.24) is 14.8 Å². The number of nitrogens with zero attached hydrogens (tertiary/aromatic N) is 2. The molecule has 7 atom stereocenters. The summed E-state index contributed by atoms with van der Waals surface area (Å²) >= 11 is 5.29. The summed E-state index contributed by atoms with van der Waals surface area (Å²) in [5, 5.41) is 26.5. The fourth-order valence-corrected chi connectivity index (χ4v) is 6.00. The zero-order valence-corrected chi connectivity index (χ0v) is 19.3. The Hall–Kier alpha value is -1.25. The second kappa shape index (κ2) is 9.78. The fraction of sp³-hybridized carbons (Fsp3) is 0.545. The molecule has 7 N–H and O–H groups in total. The number of halogens is 1. The van der Waals surface area contributed by atoms with Gasteiger partial charge in [-0.15, -0.1) is 0 Å². The first-order chi connectivity index (χ1) is 14.9. The molecule has 2 rings (SSSR count). The Balaban J connectivity index is 2.32. The number of nitrogens with one attached hydrogen (secondary N) is 1. The van der Waals surface area contributed by atoms with Gasteiger partial charge in [-0.1, -0.05) is 0 Å². The second-order valence-electron chi connectivity index (χ2n) is 6.23. The normalized spacial score (nSPS) is 30.0. The number of hydrogen-bond donors (Lipinski definition) is 7. The van der Waals surface area contributed by atoms with Crippen molar-refractivity contribution in [2.75, 3.05) is 0 Å². The van der Waals surface area contributed by atoms with Crippen LogP contribution in [-0.2, 0) is 31.6 Å². The summed E-state index contributed by atoms with van der Waals surface area (Å²) in [6, 6.07) is 0. The van der Waals surface area contributed by atoms with E-state index in [1.165, 1.54) is 0 Å². The molecule has 1 aliphatic heterocycles. The third kappa shape index (κ3) is 6.89. The van der Waals surface area contributed by atoms with E-state index in [4.69, 9.17) is 26.1 Å². The molecule has 22 heteroatoms. The van der Waals surface area contributed by atoms with Gasteiger partial charge in [0.25, 0.3) is 5.56 Å². The maximum absolute atomic E-state index is 12.0. The minimum absolute atomic E-state index is 0.364. The summed E-state index contributed by atoms with van der Waals surface area (Å²) < 4.78 is 51.4. The van der Waals surface area contributed by atoms with Crippen LogP contribution in [0.1, 0.15) is 13.2 Å². The standard InChI is InChI=1S/C11H15ClN3O15P3/c1-5(28-32(23,24)30-33(25,26)29-31(20,21)22)7-8(17)11(19,2-3-12)9(27-7)15-10(18)14-6(16)4-13-15/h4-5,7-9,17,19H,1H3,(H,23,24)(H,25,26)(H,14,16,18)(H2,20,21,22)/t5-,7+,8?,9+,11+/m0/s1. The van der Waals surface area contributed by atoms with Crippen LogP contribution in [0.15, 0.2) is 15.8 Å². The molecule has 0 amide bonds. The van der Waals surface area contributed by atoms with Crippen molar-refractivity contribution >= 4 is 35.1 Å². The Morgan fingerprint density at radius 2 is 1.85 bits per heavy atom.